The maximum absolute atomic E-state index is 13.0. The van der Waals surface area contributed by atoms with E-state index in [-0.39, 0.29) is 17.8 Å². The van der Waals surface area contributed by atoms with Crippen LogP contribution >= 0.6 is 0 Å². The normalized spacial score (nSPS) is 12.3. The van der Waals surface area contributed by atoms with Crippen molar-refractivity contribution in [3.8, 4) is 0 Å². The highest BCUT2D eigenvalue weighted by atomic mass is 32.2. The lowest BCUT2D eigenvalue weighted by Gasteiger charge is -2.30. The largest absolute Gasteiger partial charge is 0.324 e. The molecule has 2 rings (SSSR count). The van der Waals surface area contributed by atoms with Crippen molar-refractivity contribution >= 4 is 33.0 Å². The number of carbonyl (C=O) groups excluding carboxylic acids is 1. The van der Waals surface area contributed by atoms with E-state index in [9.17, 15) is 23.3 Å². The highest BCUT2D eigenvalue weighted by Crippen LogP contribution is 2.27. The van der Waals surface area contributed by atoms with E-state index in [1.807, 2.05) is 32.0 Å². The number of nitrogens with zero attached hydrogens (tertiary/aromatic N) is 2. The number of nitro benzene ring substituents is 1. The van der Waals surface area contributed by atoms with Crippen molar-refractivity contribution < 1.29 is 18.1 Å². The third-order valence-electron chi connectivity index (χ3n) is 4.35. The maximum Gasteiger partial charge on any atom is 0.271 e. The van der Waals surface area contributed by atoms with Gasteiger partial charge in [-0.3, -0.25) is 19.2 Å². The van der Waals surface area contributed by atoms with Gasteiger partial charge in [0.25, 0.3) is 5.69 Å². The number of nitrogens with one attached hydrogen (secondary N) is 1. The lowest BCUT2D eigenvalue weighted by molar-refractivity contribution is -0.384. The number of hydrogen-bond donors (Lipinski definition) is 1. The predicted octanol–water partition coefficient (Wildman–Crippen LogP) is 3.39. The Kier molecular flexibility index (Phi) is 6.40. The van der Waals surface area contributed by atoms with Crippen molar-refractivity contribution in [1.29, 1.82) is 0 Å². The molecule has 8 nitrogen and oxygen atoms in total. The molecule has 0 fully saturated rings. The zero-order valence-electron chi connectivity index (χ0n) is 16.2. The Morgan fingerprint density at radius 1 is 1.18 bits per heavy atom. The highest BCUT2D eigenvalue weighted by molar-refractivity contribution is 7.92. The van der Waals surface area contributed by atoms with Crippen LogP contribution < -0.4 is 9.62 Å². The van der Waals surface area contributed by atoms with Crippen molar-refractivity contribution in [3.63, 3.8) is 0 Å². The Morgan fingerprint density at radius 3 is 2.25 bits per heavy atom. The Hall–Kier alpha value is -2.94. The van der Waals surface area contributed by atoms with Gasteiger partial charge in [-0.15, -0.1) is 0 Å². The molecule has 150 valence electrons. The molecule has 0 aliphatic heterocycles. The molecule has 0 spiro atoms. The minimum Gasteiger partial charge on any atom is -0.324 e. The second-order valence-corrected chi connectivity index (χ2v) is 8.38. The second kappa shape index (κ2) is 8.39. The summed E-state index contributed by atoms with van der Waals surface area (Å²) < 4.78 is 25.9. The lowest BCUT2D eigenvalue weighted by atomic mass is 10.1. The summed E-state index contributed by atoms with van der Waals surface area (Å²) in [6, 6.07) is 9.74. The molecule has 0 saturated carbocycles. The molecule has 2 aromatic rings. The van der Waals surface area contributed by atoms with Gasteiger partial charge < -0.3 is 5.32 Å². The van der Waals surface area contributed by atoms with Gasteiger partial charge in [0.2, 0.25) is 15.9 Å². The highest BCUT2D eigenvalue weighted by Gasteiger charge is 2.32. The first-order chi connectivity index (χ1) is 13.1. The summed E-state index contributed by atoms with van der Waals surface area (Å²) in [5, 5.41) is 13.9. The van der Waals surface area contributed by atoms with Crippen LogP contribution in [0.5, 0.6) is 0 Å². The van der Waals surface area contributed by atoms with Gasteiger partial charge in [-0.2, -0.15) is 0 Å². The van der Waals surface area contributed by atoms with E-state index in [0.29, 0.717) is 5.69 Å². The van der Waals surface area contributed by atoms with Crippen molar-refractivity contribution in [3.05, 3.63) is 63.7 Å². The molecule has 9 heteroatoms. The van der Waals surface area contributed by atoms with E-state index in [1.165, 1.54) is 18.2 Å². The first-order valence-electron chi connectivity index (χ1n) is 8.67. The van der Waals surface area contributed by atoms with E-state index in [2.05, 4.69) is 5.32 Å². The lowest BCUT2D eigenvalue weighted by Crippen LogP contribution is -2.47. The van der Waals surface area contributed by atoms with Gasteiger partial charge in [0.15, 0.2) is 0 Å². The van der Waals surface area contributed by atoms with Crippen LogP contribution in [0.2, 0.25) is 0 Å². The molecule has 0 radical (unpaired) electrons. The van der Waals surface area contributed by atoms with Crippen LogP contribution in [-0.4, -0.2) is 31.5 Å². The molecule has 1 atom stereocenters. The third-order valence-corrected chi connectivity index (χ3v) is 5.53. The van der Waals surface area contributed by atoms with Gasteiger partial charge >= 0.3 is 0 Å². The van der Waals surface area contributed by atoms with E-state index in [0.717, 1.165) is 27.8 Å². The molecular formula is C19H23N3O5S. The molecule has 1 amide bonds. The molecule has 28 heavy (non-hydrogen) atoms. The fourth-order valence-corrected chi connectivity index (χ4v) is 4.23. The SMILES string of the molecule is CCC(C(=O)Nc1c(C)cccc1C)N(c1cccc([N+](=O)[O-])c1)S(C)(=O)=O. The first kappa shape index (κ1) is 21.4. The summed E-state index contributed by atoms with van der Waals surface area (Å²) in [4.78, 5) is 23.4. The number of anilines is 2. The minimum atomic E-state index is -3.88. The monoisotopic (exact) mass is 405 g/mol. The van der Waals surface area contributed by atoms with Crippen LogP contribution in [0.15, 0.2) is 42.5 Å². The Labute approximate surface area is 164 Å². The fraction of sp³-hybridized carbons (Fsp3) is 0.316. The number of non-ortho nitro benzene ring substituents is 1. The smallest absolute Gasteiger partial charge is 0.271 e. The van der Waals surface area contributed by atoms with Crippen LogP contribution in [0, 0.1) is 24.0 Å². The summed E-state index contributed by atoms with van der Waals surface area (Å²) in [5.41, 5.74) is 2.14. The number of sulfonamides is 1. The van der Waals surface area contributed by atoms with Gasteiger partial charge in [-0.1, -0.05) is 31.2 Å². The Bertz CT molecular complexity index is 984. The number of carbonyl (C=O) groups is 1. The van der Waals surface area contributed by atoms with Crippen LogP contribution in [-0.2, 0) is 14.8 Å². The number of amides is 1. The van der Waals surface area contributed by atoms with E-state index >= 15 is 0 Å². The van der Waals surface area contributed by atoms with Gasteiger partial charge in [-0.25, -0.2) is 8.42 Å². The fourth-order valence-electron chi connectivity index (χ4n) is 3.02. The Balaban J connectivity index is 2.48. The van der Waals surface area contributed by atoms with Crippen molar-refractivity contribution in [2.45, 2.75) is 33.2 Å². The summed E-state index contributed by atoms with van der Waals surface area (Å²) in [7, 11) is -3.88. The zero-order valence-corrected chi connectivity index (χ0v) is 17.0. The summed E-state index contributed by atoms with van der Waals surface area (Å²) in [6.45, 7) is 5.38. The number of benzene rings is 2. The maximum atomic E-state index is 13.0. The van der Waals surface area contributed by atoms with E-state index < -0.39 is 26.9 Å². The number of hydrogen-bond acceptors (Lipinski definition) is 5. The van der Waals surface area contributed by atoms with Gasteiger partial charge in [-0.05, 0) is 37.5 Å². The molecule has 0 aliphatic rings. The molecule has 0 heterocycles. The van der Waals surface area contributed by atoms with Crippen LogP contribution in [0.4, 0.5) is 17.1 Å². The van der Waals surface area contributed by atoms with Crippen molar-refractivity contribution in [1.82, 2.24) is 0 Å². The topological polar surface area (TPSA) is 110 Å². The molecule has 2 aromatic carbocycles. The summed E-state index contributed by atoms with van der Waals surface area (Å²) in [5.74, 6) is -0.503. The quantitative estimate of drug-likeness (QED) is 0.561. The van der Waals surface area contributed by atoms with Crippen LogP contribution in [0.3, 0.4) is 0 Å². The number of aryl methyl sites for hydroxylation is 2. The third kappa shape index (κ3) is 4.66. The molecule has 1 N–H and O–H groups in total. The summed E-state index contributed by atoms with van der Waals surface area (Å²) in [6.07, 6.45) is 1.16. The average molecular weight is 405 g/mol. The standard InChI is InChI=1S/C19H23N3O5S/c1-5-17(19(23)20-18-13(2)8-6-9-14(18)3)21(28(4,26)27)15-10-7-11-16(12-15)22(24)25/h6-12,17H,5H2,1-4H3,(H,20,23). The van der Waals surface area contributed by atoms with Gasteiger partial charge in [0.05, 0.1) is 16.9 Å². The van der Waals surface area contributed by atoms with E-state index in [4.69, 9.17) is 0 Å². The van der Waals surface area contributed by atoms with Crippen LogP contribution in [0.1, 0.15) is 24.5 Å². The van der Waals surface area contributed by atoms with E-state index in [1.54, 1.807) is 6.92 Å². The molecule has 0 aliphatic carbocycles. The molecular weight excluding hydrogens is 382 g/mol. The van der Waals surface area contributed by atoms with Gasteiger partial charge in [0, 0.05) is 17.8 Å². The van der Waals surface area contributed by atoms with Crippen LogP contribution in [0.25, 0.3) is 0 Å². The number of rotatable bonds is 7. The Morgan fingerprint density at radius 2 is 1.75 bits per heavy atom. The molecule has 0 aromatic heterocycles. The van der Waals surface area contributed by atoms with Gasteiger partial charge in [0.1, 0.15) is 6.04 Å². The number of nitro groups is 1. The molecule has 0 bridgehead atoms. The molecule has 0 saturated heterocycles. The minimum absolute atomic E-state index is 0.0696. The number of para-hydroxylation sites is 1. The first-order valence-corrected chi connectivity index (χ1v) is 10.5. The summed E-state index contributed by atoms with van der Waals surface area (Å²) >= 11 is 0. The predicted molar refractivity (Wildman–Crippen MR) is 109 cm³/mol. The zero-order chi connectivity index (χ0) is 21.1. The second-order valence-electron chi connectivity index (χ2n) is 6.52. The van der Waals surface area contributed by atoms with Crippen molar-refractivity contribution in [2.75, 3.05) is 15.9 Å². The van der Waals surface area contributed by atoms with Crippen molar-refractivity contribution in [2.24, 2.45) is 0 Å². The molecule has 1 unspecified atom stereocenters. The average Bonchev–Trinajstić information content (AvgIpc) is 2.61.